The van der Waals surface area contributed by atoms with Crippen molar-refractivity contribution < 1.29 is 23.7 Å². The molecule has 0 fully saturated rings. The van der Waals surface area contributed by atoms with Crippen molar-refractivity contribution in [2.24, 2.45) is 0 Å². The molecule has 1 atom stereocenters. The second-order valence-electron chi connectivity index (χ2n) is 7.54. The van der Waals surface area contributed by atoms with Crippen molar-refractivity contribution in [2.75, 3.05) is 33.8 Å². The fourth-order valence-corrected chi connectivity index (χ4v) is 3.88. The average Bonchev–Trinajstić information content (AvgIpc) is 2.86. The van der Waals surface area contributed by atoms with Gasteiger partial charge in [0.15, 0.2) is 17.3 Å². The number of nitrogens with one attached hydrogen (secondary N) is 1. The standard InChI is InChI=1S/C27H30NO5P/c1-30-24-11-10-18(8-9-19-15-25(31-2)27(33-4)26(16-19)32-3)14-22(24)28-13-12-23(29)20-6-5-7-21(34)17-20/h5-7,10-17,28H,8-9,34H2,1-4H3/b13-12-. The topological polar surface area (TPSA) is 66.0 Å². The summed E-state index contributed by atoms with van der Waals surface area (Å²) in [6, 6.07) is 17.3. The number of hydrogen-bond acceptors (Lipinski definition) is 6. The van der Waals surface area contributed by atoms with Crippen LogP contribution in [0.2, 0.25) is 0 Å². The van der Waals surface area contributed by atoms with E-state index in [0.29, 0.717) is 28.6 Å². The maximum Gasteiger partial charge on any atom is 0.203 e. The Balaban J connectivity index is 1.72. The smallest absolute Gasteiger partial charge is 0.203 e. The quantitative estimate of drug-likeness (QED) is 0.242. The Labute approximate surface area is 203 Å². The summed E-state index contributed by atoms with van der Waals surface area (Å²) in [5.74, 6) is 2.47. The lowest BCUT2D eigenvalue weighted by Gasteiger charge is -2.14. The van der Waals surface area contributed by atoms with Gasteiger partial charge in [-0.25, -0.2) is 0 Å². The molecule has 0 aliphatic rings. The molecule has 0 spiro atoms. The predicted octanol–water partition coefficient (Wildman–Crippen LogP) is 4.82. The first kappa shape index (κ1) is 25.1. The monoisotopic (exact) mass is 479 g/mol. The van der Waals surface area contributed by atoms with E-state index in [1.54, 1.807) is 40.7 Å². The van der Waals surface area contributed by atoms with E-state index in [1.165, 1.54) is 6.08 Å². The third-order valence-corrected chi connectivity index (χ3v) is 5.69. The molecule has 1 N–H and O–H groups in total. The van der Waals surface area contributed by atoms with Gasteiger partial charge in [0.1, 0.15) is 5.75 Å². The highest BCUT2D eigenvalue weighted by Gasteiger charge is 2.13. The van der Waals surface area contributed by atoms with Crippen LogP contribution < -0.4 is 29.6 Å². The maximum absolute atomic E-state index is 12.4. The number of hydrogen-bond donors (Lipinski definition) is 1. The van der Waals surface area contributed by atoms with Crippen LogP contribution in [0.25, 0.3) is 0 Å². The Morgan fingerprint density at radius 2 is 1.50 bits per heavy atom. The van der Waals surface area contributed by atoms with Gasteiger partial charge in [0.2, 0.25) is 5.75 Å². The summed E-state index contributed by atoms with van der Waals surface area (Å²) < 4.78 is 21.8. The Morgan fingerprint density at radius 1 is 0.824 bits per heavy atom. The summed E-state index contributed by atoms with van der Waals surface area (Å²) >= 11 is 0. The molecule has 0 aliphatic heterocycles. The number of ether oxygens (including phenoxy) is 4. The van der Waals surface area contributed by atoms with Crippen LogP contribution >= 0.6 is 9.24 Å². The minimum Gasteiger partial charge on any atom is -0.495 e. The number of rotatable bonds is 11. The first-order valence-corrected chi connectivity index (χ1v) is 11.4. The van der Waals surface area contributed by atoms with Gasteiger partial charge in [-0.1, -0.05) is 24.3 Å². The van der Waals surface area contributed by atoms with Gasteiger partial charge in [-0.2, -0.15) is 0 Å². The zero-order chi connectivity index (χ0) is 24.5. The van der Waals surface area contributed by atoms with E-state index < -0.39 is 0 Å². The van der Waals surface area contributed by atoms with E-state index in [4.69, 9.17) is 18.9 Å². The summed E-state index contributed by atoms with van der Waals surface area (Å²) in [4.78, 5) is 12.4. The molecule has 0 heterocycles. The molecule has 178 valence electrons. The van der Waals surface area contributed by atoms with Gasteiger partial charge in [0.25, 0.3) is 0 Å². The number of benzene rings is 3. The highest BCUT2D eigenvalue weighted by molar-refractivity contribution is 7.27. The summed E-state index contributed by atoms with van der Waals surface area (Å²) in [5, 5.41) is 4.15. The molecular weight excluding hydrogens is 449 g/mol. The molecule has 0 amide bonds. The van der Waals surface area contributed by atoms with Crippen molar-refractivity contribution >= 4 is 26.0 Å². The first-order chi connectivity index (χ1) is 16.5. The molecule has 0 saturated heterocycles. The number of carbonyl (C=O) groups is 1. The number of carbonyl (C=O) groups excluding carboxylic acids is 1. The zero-order valence-corrected chi connectivity index (χ0v) is 21.0. The first-order valence-electron chi connectivity index (χ1n) is 10.8. The van der Waals surface area contributed by atoms with Crippen LogP contribution in [0.15, 0.2) is 66.9 Å². The van der Waals surface area contributed by atoms with Crippen LogP contribution in [0.5, 0.6) is 23.0 Å². The average molecular weight is 480 g/mol. The highest BCUT2D eigenvalue weighted by atomic mass is 31.0. The fourth-order valence-electron chi connectivity index (χ4n) is 3.59. The number of ketones is 1. The second kappa shape index (κ2) is 12.1. The lowest BCUT2D eigenvalue weighted by Crippen LogP contribution is -2.01. The number of anilines is 1. The van der Waals surface area contributed by atoms with Crippen molar-refractivity contribution in [3.05, 3.63) is 83.6 Å². The summed E-state index contributed by atoms with van der Waals surface area (Å²) in [5.41, 5.74) is 3.61. The minimum atomic E-state index is -0.0747. The van der Waals surface area contributed by atoms with E-state index in [0.717, 1.165) is 35.0 Å². The van der Waals surface area contributed by atoms with E-state index >= 15 is 0 Å². The third kappa shape index (κ3) is 6.30. The summed E-state index contributed by atoms with van der Waals surface area (Å²) in [6.45, 7) is 0. The van der Waals surface area contributed by atoms with E-state index in [-0.39, 0.29) is 5.78 Å². The molecule has 0 radical (unpaired) electrons. The van der Waals surface area contributed by atoms with Crippen LogP contribution in [-0.4, -0.2) is 34.2 Å². The molecule has 0 bridgehead atoms. The van der Waals surface area contributed by atoms with Crippen LogP contribution in [0.1, 0.15) is 21.5 Å². The molecule has 34 heavy (non-hydrogen) atoms. The Bertz CT molecular complexity index is 1150. The fraction of sp³-hybridized carbons (Fsp3) is 0.222. The SMILES string of the molecule is COc1ccc(CCc2cc(OC)c(OC)c(OC)c2)cc1N/C=C\C(=O)c1cccc(P)c1. The molecule has 0 aromatic heterocycles. The Hall–Kier alpha value is -3.50. The molecular formula is C27H30NO5P. The second-order valence-corrected chi connectivity index (χ2v) is 8.20. The minimum absolute atomic E-state index is 0.0747. The van der Waals surface area contributed by atoms with Gasteiger partial charge in [0, 0.05) is 17.8 Å². The zero-order valence-electron chi connectivity index (χ0n) is 19.9. The normalized spacial score (nSPS) is 10.7. The van der Waals surface area contributed by atoms with Gasteiger partial charge in [-0.15, -0.1) is 9.24 Å². The van der Waals surface area contributed by atoms with Gasteiger partial charge in [0.05, 0.1) is 34.1 Å². The van der Waals surface area contributed by atoms with Crippen molar-refractivity contribution in [3.63, 3.8) is 0 Å². The van der Waals surface area contributed by atoms with E-state index in [9.17, 15) is 4.79 Å². The summed E-state index contributed by atoms with van der Waals surface area (Å²) in [7, 11) is 9.03. The summed E-state index contributed by atoms with van der Waals surface area (Å²) in [6.07, 6.45) is 4.73. The van der Waals surface area contributed by atoms with E-state index in [1.807, 2.05) is 48.5 Å². The molecule has 6 nitrogen and oxygen atoms in total. The molecule has 3 aromatic rings. The lowest BCUT2D eigenvalue weighted by molar-refractivity contribution is 0.104. The highest BCUT2D eigenvalue weighted by Crippen LogP contribution is 2.38. The molecule has 3 aromatic carbocycles. The molecule has 0 saturated carbocycles. The maximum atomic E-state index is 12.4. The van der Waals surface area contributed by atoms with Crippen molar-refractivity contribution in [1.82, 2.24) is 0 Å². The van der Waals surface area contributed by atoms with Crippen LogP contribution in [-0.2, 0) is 12.8 Å². The van der Waals surface area contributed by atoms with Crippen molar-refractivity contribution in [3.8, 4) is 23.0 Å². The van der Waals surface area contributed by atoms with E-state index in [2.05, 4.69) is 14.6 Å². The van der Waals surface area contributed by atoms with Gasteiger partial charge in [-0.05, 0) is 59.6 Å². The van der Waals surface area contributed by atoms with Crippen LogP contribution in [0, 0.1) is 0 Å². The number of methoxy groups -OCH3 is 4. The van der Waals surface area contributed by atoms with Crippen LogP contribution in [0.3, 0.4) is 0 Å². The Kier molecular flexibility index (Phi) is 8.94. The number of aryl methyl sites for hydroxylation is 2. The molecule has 0 aliphatic carbocycles. The Morgan fingerprint density at radius 3 is 2.12 bits per heavy atom. The third-order valence-electron chi connectivity index (χ3n) is 5.34. The number of allylic oxidation sites excluding steroid dienone is 1. The van der Waals surface area contributed by atoms with Crippen molar-refractivity contribution in [2.45, 2.75) is 12.8 Å². The molecule has 7 heteroatoms. The predicted molar refractivity (Wildman–Crippen MR) is 139 cm³/mol. The molecule has 1 unspecified atom stereocenters. The van der Waals surface area contributed by atoms with Gasteiger partial charge >= 0.3 is 0 Å². The largest absolute Gasteiger partial charge is 0.495 e. The molecule has 3 rings (SSSR count). The van der Waals surface area contributed by atoms with Gasteiger partial charge in [-0.3, -0.25) is 4.79 Å². The lowest BCUT2D eigenvalue weighted by atomic mass is 10.0. The van der Waals surface area contributed by atoms with Gasteiger partial charge < -0.3 is 24.3 Å². The van der Waals surface area contributed by atoms with Crippen molar-refractivity contribution in [1.29, 1.82) is 0 Å². The van der Waals surface area contributed by atoms with Crippen LogP contribution in [0.4, 0.5) is 5.69 Å².